The van der Waals surface area contributed by atoms with Crippen molar-refractivity contribution in [3.63, 3.8) is 0 Å². The maximum Gasteiger partial charge on any atom is 0.223 e. The van der Waals surface area contributed by atoms with Crippen LogP contribution in [0.1, 0.15) is 29.8 Å². The molecule has 1 N–H and O–H groups in total. The van der Waals surface area contributed by atoms with Crippen molar-refractivity contribution in [2.45, 2.75) is 32.9 Å². The van der Waals surface area contributed by atoms with E-state index in [-0.39, 0.29) is 17.6 Å². The van der Waals surface area contributed by atoms with Crippen LogP contribution >= 0.6 is 0 Å². The van der Waals surface area contributed by atoms with Crippen molar-refractivity contribution in [3.8, 4) is 5.69 Å². The van der Waals surface area contributed by atoms with Gasteiger partial charge in [-0.15, -0.1) is 0 Å². The van der Waals surface area contributed by atoms with Crippen LogP contribution in [0.3, 0.4) is 0 Å². The first kappa shape index (κ1) is 22.3. The molecule has 1 aromatic heterocycles. The Bertz CT molecular complexity index is 1290. The van der Waals surface area contributed by atoms with Gasteiger partial charge in [0.2, 0.25) is 5.91 Å². The van der Waals surface area contributed by atoms with Crippen molar-refractivity contribution in [1.82, 2.24) is 19.8 Å². The van der Waals surface area contributed by atoms with Crippen molar-refractivity contribution in [3.05, 3.63) is 95.6 Å². The number of para-hydroxylation sites is 2. The van der Waals surface area contributed by atoms with Crippen LogP contribution in [-0.4, -0.2) is 33.4 Å². The fourth-order valence-corrected chi connectivity index (χ4v) is 4.77. The number of amides is 1. The smallest absolute Gasteiger partial charge is 0.223 e. The van der Waals surface area contributed by atoms with E-state index in [0.29, 0.717) is 13.1 Å². The summed E-state index contributed by atoms with van der Waals surface area (Å²) in [5.74, 6) is 0.851. The van der Waals surface area contributed by atoms with E-state index in [9.17, 15) is 9.18 Å². The summed E-state index contributed by atoms with van der Waals surface area (Å²) >= 11 is 0. The van der Waals surface area contributed by atoms with Gasteiger partial charge in [-0.25, -0.2) is 9.37 Å². The standard InChI is InChI=1S/C28H29FN4O/c1-20-5-4-6-21(17-20)18-30-28(34)22-13-15-32(16-14-22)19-27-31-25-7-2-3-8-26(25)33(27)24-11-9-23(29)10-12-24/h2-12,17,22H,13-16,18-19H2,1H3,(H,30,34). The predicted octanol–water partition coefficient (Wildman–Crippen LogP) is 5.00. The summed E-state index contributed by atoms with van der Waals surface area (Å²) in [6.45, 7) is 5.00. The van der Waals surface area contributed by atoms with Crippen LogP contribution in [0.4, 0.5) is 4.39 Å². The summed E-state index contributed by atoms with van der Waals surface area (Å²) in [4.78, 5) is 20.0. The normalized spacial score (nSPS) is 15.0. The van der Waals surface area contributed by atoms with Crippen molar-refractivity contribution in [2.24, 2.45) is 5.92 Å². The zero-order chi connectivity index (χ0) is 23.5. The van der Waals surface area contributed by atoms with E-state index in [1.165, 1.54) is 17.7 Å². The van der Waals surface area contributed by atoms with E-state index in [4.69, 9.17) is 4.98 Å². The van der Waals surface area contributed by atoms with E-state index in [1.54, 1.807) is 12.1 Å². The van der Waals surface area contributed by atoms with Crippen LogP contribution in [0.25, 0.3) is 16.7 Å². The van der Waals surface area contributed by atoms with Gasteiger partial charge in [0.15, 0.2) is 0 Å². The maximum atomic E-state index is 13.5. The second kappa shape index (κ2) is 9.77. The summed E-state index contributed by atoms with van der Waals surface area (Å²) in [5, 5.41) is 3.11. The molecule has 4 aromatic rings. The molecule has 1 aliphatic rings. The van der Waals surface area contributed by atoms with Crippen LogP contribution in [0.5, 0.6) is 0 Å². The molecule has 0 unspecified atom stereocenters. The number of fused-ring (bicyclic) bond motifs is 1. The Balaban J connectivity index is 1.24. The topological polar surface area (TPSA) is 50.2 Å². The Labute approximate surface area is 199 Å². The molecular weight excluding hydrogens is 427 g/mol. The molecule has 0 atom stereocenters. The molecule has 0 saturated carbocycles. The molecule has 3 aromatic carbocycles. The maximum absolute atomic E-state index is 13.5. The molecule has 2 heterocycles. The molecule has 1 aliphatic heterocycles. The number of aromatic nitrogens is 2. The van der Waals surface area contributed by atoms with Gasteiger partial charge in [0, 0.05) is 18.2 Å². The van der Waals surface area contributed by atoms with Crippen molar-refractivity contribution in [2.75, 3.05) is 13.1 Å². The number of piperidine rings is 1. The van der Waals surface area contributed by atoms with E-state index < -0.39 is 0 Å². The molecule has 34 heavy (non-hydrogen) atoms. The highest BCUT2D eigenvalue weighted by Crippen LogP contribution is 2.25. The highest BCUT2D eigenvalue weighted by molar-refractivity contribution is 5.79. The van der Waals surface area contributed by atoms with Gasteiger partial charge in [-0.1, -0.05) is 42.0 Å². The SMILES string of the molecule is Cc1cccc(CNC(=O)C2CCN(Cc3nc4ccccc4n3-c3ccc(F)cc3)CC2)c1. The van der Waals surface area contributed by atoms with Gasteiger partial charge in [-0.3, -0.25) is 14.3 Å². The number of carbonyl (C=O) groups is 1. The lowest BCUT2D eigenvalue weighted by Crippen LogP contribution is -2.40. The first-order valence-electron chi connectivity index (χ1n) is 11.8. The van der Waals surface area contributed by atoms with Crippen molar-refractivity contribution < 1.29 is 9.18 Å². The van der Waals surface area contributed by atoms with Crippen molar-refractivity contribution in [1.29, 1.82) is 0 Å². The highest BCUT2D eigenvalue weighted by Gasteiger charge is 2.26. The number of carbonyl (C=O) groups excluding carboxylic acids is 1. The number of halogens is 1. The lowest BCUT2D eigenvalue weighted by atomic mass is 9.95. The number of rotatable bonds is 6. The summed E-state index contributed by atoms with van der Waals surface area (Å²) < 4.78 is 15.6. The Hall–Kier alpha value is -3.51. The second-order valence-electron chi connectivity index (χ2n) is 9.09. The number of nitrogens with one attached hydrogen (secondary N) is 1. The minimum atomic E-state index is -0.252. The second-order valence-corrected chi connectivity index (χ2v) is 9.09. The van der Waals surface area contributed by atoms with Gasteiger partial charge in [0.05, 0.1) is 17.6 Å². The third kappa shape index (κ3) is 4.87. The molecule has 0 aliphatic carbocycles. The Morgan fingerprint density at radius 2 is 1.79 bits per heavy atom. The minimum absolute atomic E-state index is 0.0389. The molecule has 0 radical (unpaired) electrons. The van der Waals surface area contributed by atoms with Crippen LogP contribution in [0, 0.1) is 18.7 Å². The average Bonchev–Trinajstić information content (AvgIpc) is 3.21. The van der Waals surface area contributed by atoms with Gasteiger partial charge in [0.1, 0.15) is 11.6 Å². The Morgan fingerprint density at radius 1 is 1.03 bits per heavy atom. The molecule has 6 heteroatoms. The fourth-order valence-electron chi connectivity index (χ4n) is 4.77. The molecule has 1 saturated heterocycles. The van der Waals surface area contributed by atoms with E-state index in [1.807, 2.05) is 36.4 Å². The van der Waals surface area contributed by atoms with Gasteiger partial charge < -0.3 is 5.32 Å². The lowest BCUT2D eigenvalue weighted by Gasteiger charge is -2.31. The molecule has 5 rings (SSSR count). The molecule has 1 amide bonds. The minimum Gasteiger partial charge on any atom is -0.352 e. The van der Waals surface area contributed by atoms with E-state index in [0.717, 1.165) is 54.0 Å². The number of hydrogen-bond acceptors (Lipinski definition) is 3. The summed E-state index contributed by atoms with van der Waals surface area (Å²) in [6.07, 6.45) is 1.66. The van der Waals surface area contributed by atoms with Crippen molar-refractivity contribution >= 4 is 16.9 Å². The molecule has 1 fully saturated rings. The van der Waals surface area contributed by atoms with Gasteiger partial charge in [-0.2, -0.15) is 0 Å². The average molecular weight is 457 g/mol. The third-order valence-corrected chi connectivity index (χ3v) is 6.59. The van der Waals surface area contributed by atoms with Crippen LogP contribution < -0.4 is 5.32 Å². The summed E-state index contributed by atoms with van der Waals surface area (Å²) in [7, 11) is 0. The van der Waals surface area contributed by atoms with E-state index >= 15 is 0 Å². The van der Waals surface area contributed by atoms with E-state index in [2.05, 4.69) is 33.8 Å². The Morgan fingerprint density at radius 3 is 2.56 bits per heavy atom. The summed E-state index contributed by atoms with van der Waals surface area (Å²) in [5.41, 5.74) is 5.16. The largest absolute Gasteiger partial charge is 0.352 e. The number of likely N-dealkylation sites (tertiary alicyclic amines) is 1. The fraction of sp³-hybridized carbons (Fsp3) is 0.286. The van der Waals surface area contributed by atoms with Gasteiger partial charge >= 0.3 is 0 Å². The molecule has 5 nitrogen and oxygen atoms in total. The zero-order valence-corrected chi connectivity index (χ0v) is 19.4. The number of imidazole rings is 1. The van der Waals surface area contributed by atoms with Crippen LogP contribution in [0.15, 0.2) is 72.8 Å². The highest BCUT2D eigenvalue weighted by atomic mass is 19.1. The van der Waals surface area contributed by atoms with Crippen LogP contribution in [-0.2, 0) is 17.9 Å². The number of hydrogen-bond donors (Lipinski definition) is 1. The molecular formula is C28H29FN4O. The predicted molar refractivity (Wildman–Crippen MR) is 132 cm³/mol. The number of nitrogens with zero attached hydrogens (tertiary/aromatic N) is 3. The number of benzene rings is 3. The zero-order valence-electron chi connectivity index (χ0n) is 19.4. The van der Waals surface area contributed by atoms with Crippen LogP contribution in [0.2, 0.25) is 0 Å². The summed E-state index contributed by atoms with van der Waals surface area (Å²) in [6, 6.07) is 22.8. The van der Waals surface area contributed by atoms with Gasteiger partial charge in [-0.05, 0) is 74.8 Å². The lowest BCUT2D eigenvalue weighted by molar-refractivity contribution is -0.126. The third-order valence-electron chi connectivity index (χ3n) is 6.59. The number of aryl methyl sites for hydroxylation is 1. The first-order chi connectivity index (χ1) is 16.6. The molecule has 0 bridgehead atoms. The first-order valence-corrected chi connectivity index (χ1v) is 11.8. The molecule has 174 valence electrons. The van der Waals surface area contributed by atoms with Gasteiger partial charge in [0.25, 0.3) is 0 Å². The molecule has 0 spiro atoms. The monoisotopic (exact) mass is 456 g/mol. The Kier molecular flexibility index (Phi) is 6.41. The quantitative estimate of drug-likeness (QED) is 0.444.